The molecule has 1 aromatic heterocycles. The van der Waals surface area contributed by atoms with Crippen molar-refractivity contribution in [3.63, 3.8) is 0 Å². The number of benzene rings is 1. The third kappa shape index (κ3) is 2.88. The number of carbonyl (C=O) groups is 2. The summed E-state index contributed by atoms with van der Waals surface area (Å²) in [5.41, 5.74) is 2.28. The lowest BCUT2D eigenvalue weighted by molar-refractivity contribution is 0.0892. The monoisotopic (exact) mass is 302 g/mol. The number of nitrogens with zero attached hydrogens (tertiary/aromatic N) is 2. The molecule has 0 unspecified atom stereocenters. The minimum atomic E-state index is -0.311. The van der Waals surface area contributed by atoms with Crippen LogP contribution in [0, 0.1) is 0 Å². The maximum Gasteiger partial charge on any atom is 0.409 e. The van der Waals surface area contributed by atoms with Crippen LogP contribution < -0.4 is 5.32 Å². The highest BCUT2D eigenvalue weighted by molar-refractivity contribution is 5.97. The third-order valence-electron chi connectivity index (χ3n) is 3.95. The van der Waals surface area contributed by atoms with Crippen molar-refractivity contribution < 1.29 is 14.3 Å². The molecule has 1 saturated heterocycles. The molecule has 2 heterocycles. The Morgan fingerprint density at radius 3 is 2.86 bits per heavy atom. The summed E-state index contributed by atoms with van der Waals surface area (Å²) in [4.78, 5) is 32.5. The zero-order valence-corrected chi connectivity index (χ0v) is 12.3. The number of aromatic amines is 1. The molecular weight excluding hydrogens is 284 g/mol. The van der Waals surface area contributed by atoms with E-state index in [1.807, 2.05) is 6.07 Å². The average Bonchev–Trinajstić information content (AvgIpc) is 3.02. The van der Waals surface area contributed by atoms with Crippen LogP contribution in [0.2, 0.25) is 0 Å². The second-order valence-electron chi connectivity index (χ2n) is 5.34. The van der Waals surface area contributed by atoms with Gasteiger partial charge in [0, 0.05) is 24.7 Å². The zero-order valence-electron chi connectivity index (χ0n) is 12.3. The highest BCUT2D eigenvalue weighted by Gasteiger charge is 2.24. The maximum atomic E-state index is 12.3. The molecule has 7 heteroatoms. The van der Waals surface area contributed by atoms with Gasteiger partial charge in [0.1, 0.15) is 0 Å². The van der Waals surface area contributed by atoms with Gasteiger partial charge in [-0.25, -0.2) is 9.78 Å². The number of ether oxygens (including phenoxy) is 1. The van der Waals surface area contributed by atoms with Crippen molar-refractivity contribution in [3.05, 3.63) is 30.1 Å². The Labute approximate surface area is 127 Å². The summed E-state index contributed by atoms with van der Waals surface area (Å²) in [6.07, 6.45) is 2.75. The van der Waals surface area contributed by atoms with E-state index in [0.717, 1.165) is 23.9 Å². The van der Waals surface area contributed by atoms with Crippen molar-refractivity contribution >= 4 is 23.0 Å². The number of rotatable bonds is 2. The highest BCUT2D eigenvalue weighted by atomic mass is 16.5. The number of likely N-dealkylation sites (tertiary alicyclic amines) is 1. The molecule has 1 fully saturated rings. The number of H-pyrrole nitrogens is 1. The summed E-state index contributed by atoms with van der Waals surface area (Å²) in [6.45, 7) is 1.19. The summed E-state index contributed by atoms with van der Waals surface area (Å²) in [5, 5.41) is 3.02. The molecule has 116 valence electrons. The van der Waals surface area contributed by atoms with Gasteiger partial charge in [-0.15, -0.1) is 0 Å². The fourth-order valence-corrected chi connectivity index (χ4v) is 2.68. The molecule has 0 bridgehead atoms. The Kier molecular flexibility index (Phi) is 3.95. The van der Waals surface area contributed by atoms with Gasteiger partial charge in [0.15, 0.2) is 0 Å². The first-order valence-corrected chi connectivity index (χ1v) is 7.24. The van der Waals surface area contributed by atoms with Crippen molar-refractivity contribution in [2.24, 2.45) is 0 Å². The van der Waals surface area contributed by atoms with Crippen molar-refractivity contribution in [2.75, 3.05) is 20.2 Å². The van der Waals surface area contributed by atoms with Gasteiger partial charge in [0.2, 0.25) is 0 Å². The molecule has 2 N–H and O–H groups in total. The van der Waals surface area contributed by atoms with Gasteiger partial charge in [-0.2, -0.15) is 0 Å². The van der Waals surface area contributed by atoms with Gasteiger partial charge in [-0.1, -0.05) is 0 Å². The van der Waals surface area contributed by atoms with E-state index >= 15 is 0 Å². The molecule has 0 radical (unpaired) electrons. The maximum absolute atomic E-state index is 12.3. The lowest BCUT2D eigenvalue weighted by atomic mass is 10.0. The van der Waals surface area contributed by atoms with E-state index in [-0.39, 0.29) is 18.0 Å². The van der Waals surface area contributed by atoms with Crippen LogP contribution in [0.15, 0.2) is 24.5 Å². The average molecular weight is 302 g/mol. The Balaban J connectivity index is 1.59. The van der Waals surface area contributed by atoms with E-state index in [1.54, 1.807) is 23.4 Å². The van der Waals surface area contributed by atoms with Crippen LogP contribution >= 0.6 is 0 Å². The van der Waals surface area contributed by atoms with E-state index in [2.05, 4.69) is 15.3 Å². The molecule has 1 aliphatic rings. The van der Waals surface area contributed by atoms with Crippen molar-refractivity contribution in [3.8, 4) is 0 Å². The first-order chi connectivity index (χ1) is 10.7. The third-order valence-corrected chi connectivity index (χ3v) is 3.95. The van der Waals surface area contributed by atoms with Crippen LogP contribution in [0.25, 0.3) is 11.0 Å². The van der Waals surface area contributed by atoms with Crippen LogP contribution in [0.4, 0.5) is 4.79 Å². The smallest absolute Gasteiger partial charge is 0.409 e. The highest BCUT2D eigenvalue weighted by Crippen LogP contribution is 2.14. The van der Waals surface area contributed by atoms with Gasteiger partial charge in [-0.3, -0.25) is 4.79 Å². The van der Waals surface area contributed by atoms with Crippen LogP contribution in [-0.4, -0.2) is 53.1 Å². The molecule has 0 saturated carbocycles. The number of imidazole rings is 1. The number of amides is 2. The molecule has 22 heavy (non-hydrogen) atoms. The standard InChI is InChI=1S/C15H18N4O3/c1-22-15(21)19-6-4-11(5-7-19)18-14(20)10-2-3-12-13(8-10)17-9-16-12/h2-3,8-9,11H,4-7H2,1H3,(H,16,17)(H,18,20). The number of aromatic nitrogens is 2. The number of hydrogen-bond donors (Lipinski definition) is 2. The molecule has 1 aliphatic heterocycles. The second-order valence-corrected chi connectivity index (χ2v) is 5.34. The first-order valence-electron chi connectivity index (χ1n) is 7.24. The van der Waals surface area contributed by atoms with Gasteiger partial charge in [0.05, 0.1) is 24.5 Å². The lowest BCUT2D eigenvalue weighted by Gasteiger charge is -2.31. The first kappa shape index (κ1) is 14.4. The quantitative estimate of drug-likeness (QED) is 0.880. The lowest BCUT2D eigenvalue weighted by Crippen LogP contribution is -2.46. The number of hydrogen-bond acceptors (Lipinski definition) is 4. The van der Waals surface area contributed by atoms with Crippen LogP contribution in [0.1, 0.15) is 23.2 Å². The summed E-state index contributed by atoms with van der Waals surface area (Å²) in [5.74, 6) is -0.104. The van der Waals surface area contributed by atoms with Gasteiger partial charge in [0.25, 0.3) is 5.91 Å². The number of nitrogens with one attached hydrogen (secondary N) is 2. The summed E-state index contributed by atoms with van der Waals surface area (Å²) in [6, 6.07) is 5.45. The molecule has 2 aromatic rings. The minimum absolute atomic E-state index is 0.0749. The van der Waals surface area contributed by atoms with E-state index < -0.39 is 0 Å². The number of fused-ring (bicyclic) bond motifs is 1. The molecule has 0 atom stereocenters. The number of carbonyl (C=O) groups excluding carboxylic acids is 2. The van der Waals surface area contributed by atoms with E-state index in [9.17, 15) is 9.59 Å². The van der Waals surface area contributed by atoms with Crippen molar-refractivity contribution in [2.45, 2.75) is 18.9 Å². The predicted octanol–water partition coefficient (Wildman–Crippen LogP) is 1.52. The Morgan fingerprint density at radius 1 is 1.36 bits per heavy atom. The van der Waals surface area contributed by atoms with E-state index in [0.29, 0.717) is 18.7 Å². The normalized spacial score (nSPS) is 15.8. The number of piperidine rings is 1. The molecule has 1 aromatic carbocycles. The Bertz CT molecular complexity index is 689. The van der Waals surface area contributed by atoms with Gasteiger partial charge < -0.3 is 19.9 Å². The minimum Gasteiger partial charge on any atom is -0.453 e. The fourth-order valence-electron chi connectivity index (χ4n) is 2.68. The predicted molar refractivity (Wildman–Crippen MR) is 80.6 cm³/mol. The number of methoxy groups -OCH3 is 1. The zero-order chi connectivity index (χ0) is 15.5. The Morgan fingerprint density at radius 2 is 2.14 bits per heavy atom. The fraction of sp³-hybridized carbons (Fsp3) is 0.400. The van der Waals surface area contributed by atoms with Crippen molar-refractivity contribution in [1.82, 2.24) is 20.2 Å². The Hall–Kier alpha value is -2.57. The van der Waals surface area contributed by atoms with Crippen molar-refractivity contribution in [1.29, 1.82) is 0 Å². The molecule has 7 nitrogen and oxygen atoms in total. The summed E-state index contributed by atoms with van der Waals surface area (Å²) >= 11 is 0. The summed E-state index contributed by atoms with van der Waals surface area (Å²) in [7, 11) is 1.38. The van der Waals surface area contributed by atoms with Gasteiger partial charge >= 0.3 is 6.09 Å². The topological polar surface area (TPSA) is 87.3 Å². The largest absolute Gasteiger partial charge is 0.453 e. The molecule has 0 aliphatic carbocycles. The van der Waals surface area contributed by atoms with E-state index in [1.165, 1.54) is 7.11 Å². The van der Waals surface area contributed by atoms with Crippen LogP contribution in [0.3, 0.4) is 0 Å². The summed E-state index contributed by atoms with van der Waals surface area (Å²) < 4.78 is 4.70. The van der Waals surface area contributed by atoms with Crippen LogP contribution in [0.5, 0.6) is 0 Å². The van der Waals surface area contributed by atoms with E-state index in [4.69, 9.17) is 4.74 Å². The second kappa shape index (κ2) is 6.05. The SMILES string of the molecule is COC(=O)N1CCC(NC(=O)c2ccc3nc[nH]c3c2)CC1. The molecular formula is C15H18N4O3. The molecule has 3 rings (SSSR count). The van der Waals surface area contributed by atoms with Crippen LogP contribution in [-0.2, 0) is 4.74 Å². The molecule has 2 amide bonds. The van der Waals surface area contributed by atoms with Gasteiger partial charge in [-0.05, 0) is 31.0 Å². The molecule has 0 spiro atoms.